The van der Waals surface area contributed by atoms with Gasteiger partial charge in [0.15, 0.2) is 0 Å². The van der Waals surface area contributed by atoms with Gasteiger partial charge in [-0.1, -0.05) is 25.5 Å². The first-order chi connectivity index (χ1) is 17.4. The molecule has 0 amide bonds. The van der Waals surface area contributed by atoms with Gasteiger partial charge in [0.2, 0.25) is 0 Å². The molecule has 204 valence electrons. The van der Waals surface area contributed by atoms with Crippen molar-refractivity contribution in [1.82, 2.24) is 20.0 Å². The van der Waals surface area contributed by atoms with Crippen molar-refractivity contribution in [3.8, 4) is 0 Å². The molecule has 3 heterocycles. The lowest BCUT2D eigenvalue weighted by Crippen LogP contribution is -2.63. The molecule has 0 radical (unpaired) electrons. The third kappa shape index (κ3) is 5.37. The molecule has 0 aromatic rings. The lowest BCUT2D eigenvalue weighted by atomic mass is 9.70. The first-order valence-corrected chi connectivity index (χ1v) is 15.4. The fourth-order valence-corrected chi connectivity index (χ4v) is 8.83. The van der Waals surface area contributed by atoms with Crippen LogP contribution in [-0.2, 0) is 4.79 Å². The highest BCUT2D eigenvalue weighted by Gasteiger charge is 2.47. The van der Waals surface area contributed by atoms with Crippen molar-refractivity contribution in [2.24, 2.45) is 29.6 Å². The molecular formula is C31H54N4O. The molecular weight excluding hydrogens is 444 g/mol. The van der Waals surface area contributed by atoms with Crippen molar-refractivity contribution >= 4 is 6.29 Å². The summed E-state index contributed by atoms with van der Waals surface area (Å²) in [5, 5.41) is 3.64. The standard InChI is InChI=1S/C31H54N4O/c1-6-34-15-11-27-28(25-7-8-25)18-24(19-30(27)34)20-33-13-9-26(10-14-33)35-16-12-31(4,32-5)29(23(35)3)17-22(2)21-36/h18,21-23,25-30,32H,6-17,19-20H2,1-5H3/t22?,23-,27?,28-,29?,30-,31?/m1/s1. The van der Waals surface area contributed by atoms with Crippen LogP contribution in [0.15, 0.2) is 11.6 Å². The quantitative estimate of drug-likeness (QED) is 0.376. The van der Waals surface area contributed by atoms with Gasteiger partial charge in [-0.25, -0.2) is 0 Å². The number of carbonyl (C=O) groups is 1. The van der Waals surface area contributed by atoms with E-state index >= 15 is 0 Å². The van der Waals surface area contributed by atoms with Crippen molar-refractivity contribution in [2.75, 3.05) is 46.3 Å². The van der Waals surface area contributed by atoms with E-state index in [2.05, 4.69) is 60.8 Å². The van der Waals surface area contributed by atoms with Crippen LogP contribution < -0.4 is 5.32 Å². The monoisotopic (exact) mass is 498 g/mol. The number of hydrogen-bond donors (Lipinski definition) is 1. The molecule has 4 fully saturated rings. The van der Waals surface area contributed by atoms with Gasteiger partial charge in [-0.2, -0.15) is 0 Å². The third-order valence-corrected chi connectivity index (χ3v) is 11.4. The van der Waals surface area contributed by atoms with E-state index in [1.807, 2.05) is 0 Å². The van der Waals surface area contributed by atoms with E-state index in [4.69, 9.17) is 0 Å². The maximum atomic E-state index is 11.5. The topological polar surface area (TPSA) is 38.8 Å². The molecule has 5 rings (SSSR count). The SMILES string of the molecule is CCN1CCC2[C@@H](C3CC3)C=C(CN3CCC(N4CCC(C)(NC)C(CC(C)C=O)[C@H]4C)CC3)C[C@H]21. The average molecular weight is 499 g/mol. The number of piperidine rings is 2. The van der Waals surface area contributed by atoms with Crippen LogP contribution in [0.5, 0.6) is 0 Å². The second-order valence-electron chi connectivity index (χ2n) is 13.5. The van der Waals surface area contributed by atoms with Crippen molar-refractivity contribution in [3.05, 3.63) is 11.6 Å². The van der Waals surface area contributed by atoms with Crippen molar-refractivity contribution < 1.29 is 4.79 Å². The van der Waals surface area contributed by atoms with Crippen molar-refractivity contribution in [2.45, 2.75) is 103 Å². The van der Waals surface area contributed by atoms with Crippen LogP contribution in [0.4, 0.5) is 0 Å². The fraction of sp³-hybridized carbons (Fsp3) is 0.903. The zero-order valence-corrected chi connectivity index (χ0v) is 23.9. The summed E-state index contributed by atoms with van der Waals surface area (Å²) in [6.45, 7) is 16.7. The molecule has 0 bridgehead atoms. The minimum absolute atomic E-state index is 0.129. The highest BCUT2D eigenvalue weighted by atomic mass is 16.1. The van der Waals surface area contributed by atoms with Crippen LogP contribution in [0.1, 0.15) is 79.1 Å². The van der Waals surface area contributed by atoms with Gasteiger partial charge in [0.1, 0.15) is 6.29 Å². The molecule has 3 aliphatic heterocycles. The lowest BCUT2D eigenvalue weighted by molar-refractivity contribution is -0.112. The second kappa shape index (κ2) is 11.2. The van der Waals surface area contributed by atoms with Crippen LogP contribution in [0.3, 0.4) is 0 Å². The van der Waals surface area contributed by atoms with Gasteiger partial charge in [0.25, 0.3) is 0 Å². The summed E-state index contributed by atoms with van der Waals surface area (Å²) >= 11 is 0. The Labute approximate surface area is 221 Å². The van der Waals surface area contributed by atoms with E-state index in [0.717, 1.165) is 36.5 Å². The summed E-state index contributed by atoms with van der Waals surface area (Å²) in [6, 6.07) is 2.04. The van der Waals surface area contributed by atoms with Crippen LogP contribution in [0.2, 0.25) is 0 Å². The largest absolute Gasteiger partial charge is 0.314 e. The summed E-state index contributed by atoms with van der Waals surface area (Å²) in [5.41, 5.74) is 1.88. The number of nitrogens with zero attached hydrogens (tertiary/aromatic N) is 3. The van der Waals surface area contributed by atoms with E-state index in [1.54, 1.807) is 5.57 Å². The van der Waals surface area contributed by atoms with Crippen LogP contribution >= 0.6 is 0 Å². The molecule has 1 N–H and O–H groups in total. The summed E-state index contributed by atoms with van der Waals surface area (Å²) in [4.78, 5) is 19.9. The average Bonchev–Trinajstić information content (AvgIpc) is 3.66. The van der Waals surface area contributed by atoms with E-state index in [1.165, 1.54) is 84.2 Å². The molecule has 4 unspecified atom stereocenters. The van der Waals surface area contributed by atoms with Gasteiger partial charge < -0.3 is 15.0 Å². The molecule has 0 aromatic carbocycles. The van der Waals surface area contributed by atoms with Gasteiger partial charge >= 0.3 is 0 Å². The normalized spacial score (nSPS) is 40.1. The van der Waals surface area contributed by atoms with Crippen LogP contribution in [-0.4, -0.2) is 91.0 Å². The Balaban J connectivity index is 1.18. The summed E-state index contributed by atoms with van der Waals surface area (Å²) in [5.74, 6) is 3.45. The highest BCUT2D eigenvalue weighted by molar-refractivity contribution is 5.52. The van der Waals surface area contributed by atoms with E-state index in [-0.39, 0.29) is 11.5 Å². The smallest absolute Gasteiger partial charge is 0.122 e. The zero-order valence-electron chi connectivity index (χ0n) is 23.9. The van der Waals surface area contributed by atoms with Crippen LogP contribution in [0, 0.1) is 29.6 Å². The number of hydrogen-bond acceptors (Lipinski definition) is 5. The predicted molar refractivity (Wildman–Crippen MR) is 149 cm³/mol. The summed E-state index contributed by atoms with van der Waals surface area (Å²) in [7, 11) is 2.11. The fourth-order valence-electron chi connectivity index (χ4n) is 8.83. The first kappa shape index (κ1) is 26.8. The van der Waals surface area contributed by atoms with Gasteiger partial charge in [-0.15, -0.1) is 0 Å². The van der Waals surface area contributed by atoms with E-state index < -0.39 is 0 Å². The summed E-state index contributed by atoms with van der Waals surface area (Å²) in [6.07, 6.45) is 14.4. The second-order valence-corrected chi connectivity index (χ2v) is 13.5. The molecule has 7 atom stereocenters. The van der Waals surface area contributed by atoms with Gasteiger partial charge in [-0.05, 0) is 122 Å². The third-order valence-electron chi connectivity index (χ3n) is 11.4. The first-order valence-electron chi connectivity index (χ1n) is 15.4. The Morgan fingerprint density at radius 2 is 1.89 bits per heavy atom. The number of nitrogens with one attached hydrogen (secondary N) is 1. The number of carbonyl (C=O) groups excluding carboxylic acids is 1. The molecule has 5 nitrogen and oxygen atoms in total. The molecule has 1 saturated carbocycles. The Morgan fingerprint density at radius 1 is 1.14 bits per heavy atom. The maximum Gasteiger partial charge on any atom is 0.122 e. The number of rotatable bonds is 9. The molecule has 0 spiro atoms. The van der Waals surface area contributed by atoms with Crippen LogP contribution in [0.25, 0.3) is 0 Å². The van der Waals surface area contributed by atoms with E-state index in [0.29, 0.717) is 18.0 Å². The number of aldehydes is 1. The predicted octanol–water partition coefficient (Wildman–Crippen LogP) is 4.43. The lowest BCUT2D eigenvalue weighted by Gasteiger charge is -2.54. The molecule has 36 heavy (non-hydrogen) atoms. The van der Waals surface area contributed by atoms with Crippen molar-refractivity contribution in [3.63, 3.8) is 0 Å². The minimum atomic E-state index is 0.129. The molecule has 5 heteroatoms. The Bertz CT molecular complexity index is 787. The summed E-state index contributed by atoms with van der Waals surface area (Å²) < 4.78 is 0. The Morgan fingerprint density at radius 3 is 2.53 bits per heavy atom. The Hall–Kier alpha value is -0.750. The van der Waals surface area contributed by atoms with Gasteiger partial charge in [0.05, 0.1) is 0 Å². The molecule has 5 aliphatic rings. The van der Waals surface area contributed by atoms with Gasteiger partial charge in [-0.3, -0.25) is 9.80 Å². The molecule has 3 saturated heterocycles. The highest BCUT2D eigenvalue weighted by Crippen LogP contribution is 2.50. The number of likely N-dealkylation sites (tertiary alicyclic amines) is 3. The van der Waals surface area contributed by atoms with E-state index in [9.17, 15) is 4.79 Å². The zero-order chi connectivity index (χ0) is 25.4. The Kier molecular flexibility index (Phi) is 8.32. The minimum Gasteiger partial charge on any atom is -0.314 e. The number of allylic oxidation sites excluding steroid dienone is 1. The number of fused-ring (bicyclic) bond motifs is 1. The maximum absolute atomic E-state index is 11.5. The molecule has 2 aliphatic carbocycles. The molecule has 0 aromatic heterocycles. The van der Waals surface area contributed by atoms with Crippen molar-refractivity contribution in [1.29, 1.82) is 0 Å². The van der Waals surface area contributed by atoms with Gasteiger partial charge in [0, 0.05) is 42.7 Å².